The molecule has 1 aromatic rings. The number of carbonyl (C=O) groups is 2. The van der Waals surface area contributed by atoms with Crippen molar-refractivity contribution in [3.05, 3.63) is 23.8 Å². The monoisotopic (exact) mass is 285 g/mol. The lowest BCUT2D eigenvalue weighted by molar-refractivity contribution is -0.124. The average Bonchev–Trinajstić information content (AvgIpc) is 2.94. The fourth-order valence-electron chi connectivity index (χ4n) is 3.72. The van der Waals surface area contributed by atoms with Crippen molar-refractivity contribution < 1.29 is 9.59 Å². The van der Waals surface area contributed by atoms with Crippen LogP contribution in [0, 0.1) is 0 Å². The van der Waals surface area contributed by atoms with E-state index in [2.05, 4.69) is 16.3 Å². The van der Waals surface area contributed by atoms with Gasteiger partial charge in [0.05, 0.1) is 11.4 Å². The Labute approximate surface area is 123 Å². The first-order valence-electron chi connectivity index (χ1n) is 7.71. The van der Waals surface area contributed by atoms with Crippen LogP contribution in [0.25, 0.3) is 0 Å². The predicted molar refractivity (Wildman–Crippen MR) is 80.5 cm³/mol. The molecule has 0 saturated carbocycles. The molecule has 0 radical (unpaired) electrons. The second kappa shape index (κ2) is 4.76. The van der Waals surface area contributed by atoms with Crippen molar-refractivity contribution in [2.45, 2.75) is 31.7 Å². The number of carbonyl (C=O) groups excluding carboxylic acids is 2. The highest BCUT2D eigenvalue weighted by Crippen LogP contribution is 2.39. The maximum Gasteiger partial charge on any atom is 0.249 e. The Kier molecular flexibility index (Phi) is 2.87. The summed E-state index contributed by atoms with van der Waals surface area (Å²) in [7, 11) is 0. The molecule has 21 heavy (non-hydrogen) atoms. The van der Waals surface area contributed by atoms with Gasteiger partial charge in [-0.15, -0.1) is 0 Å². The molecule has 1 unspecified atom stereocenters. The fourth-order valence-corrected chi connectivity index (χ4v) is 3.72. The molecule has 4 rings (SSSR count). The summed E-state index contributed by atoms with van der Waals surface area (Å²) < 4.78 is 0. The largest absolute Gasteiger partial charge is 0.368 e. The van der Waals surface area contributed by atoms with Crippen molar-refractivity contribution in [3.8, 4) is 0 Å². The molecule has 1 N–H and O–H groups in total. The molecule has 3 heterocycles. The summed E-state index contributed by atoms with van der Waals surface area (Å²) in [6, 6.07) is 5.89. The quantitative estimate of drug-likeness (QED) is 0.839. The van der Waals surface area contributed by atoms with Gasteiger partial charge in [-0.1, -0.05) is 12.1 Å². The molecule has 0 bridgehead atoms. The molecule has 1 fully saturated rings. The van der Waals surface area contributed by atoms with E-state index in [0.717, 1.165) is 25.2 Å². The van der Waals surface area contributed by atoms with Crippen LogP contribution in [0.5, 0.6) is 0 Å². The van der Waals surface area contributed by atoms with Gasteiger partial charge >= 0.3 is 0 Å². The number of nitrogens with one attached hydrogen (secondary N) is 1. The van der Waals surface area contributed by atoms with E-state index in [-0.39, 0.29) is 17.9 Å². The average molecular weight is 285 g/mol. The summed E-state index contributed by atoms with van der Waals surface area (Å²) in [4.78, 5) is 28.3. The summed E-state index contributed by atoms with van der Waals surface area (Å²) in [5, 5.41) is 2.79. The zero-order valence-electron chi connectivity index (χ0n) is 12.0. The van der Waals surface area contributed by atoms with Crippen LogP contribution in [0.15, 0.2) is 18.2 Å². The Balaban J connectivity index is 1.69. The van der Waals surface area contributed by atoms with Crippen molar-refractivity contribution in [1.29, 1.82) is 0 Å². The second-order valence-electron chi connectivity index (χ2n) is 6.02. The lowest BCUT2D eigenvalue weighted by Gasteiger charge is -2.42. The molecule has 0 aromatic heterocycles. The highest BCUT2D eigenvalue weighted by atomic mass is 16.2. The maximum absolute atomic E-state index is 12.7. The van der Waals surface area contributed by atoms with Gasteiger partial charge in [-0.3, -0.25) is 9.59 Å². The highest BCUT2D eigenvalue weighted by molar-refractivity contribution is 6.04. The van der Waals surface area contributed by atoms with Gasteiger partial charge in [-0.05, 0) is 30.9 Å². The number of benzene rings is 1. The first kappa shape index (κ1) is 12.7. The van der Waals surface area contributed by atoms with E-state index in [4.69, 9.17) is 0 Å². The van der Waals surface area contributed by atoms with Gasteiger partial charge in [0.1, 0.15) is 6.04 Å². The van der Waals surface area contributed by atoms with Crippen molar-refractivity contribution in [2.75, 3.05) is 29.4 Å². The van der Waals surface area contributed by atoms with Crippen LogP contribution in [0.3, 0.4) is 0 Å². The standard InChI is InChI=1S/C16H19N3O2/c20-14-7-6-12(17-14)16(21)19-10-9-18-8-2-4-11-3-1-5-13(19)15(11)18/h1,3,5,12H,2,4,6-10H2,(H,17,20). The molecule has 1 atom stereocenters. The first-order chi connectivity index (χ1) is 10.2. The van der Waals surface area contributed by atoms with Crippen molar-refractivity contribution >= 4 is 23.2 Å². The summed E-state index contributed by atoms with van der Waals surface area (Å²) in [6.07, 6.45) is 3.35. The number of para-hydroxylation sites is 1. The number of nitrogens with zero attached hydrogens (tertiary/aromatic N) is 2. The minimum atomic E-state index is -0.344. The molecule has 110 valence electrons. The summed E-state index contributed by atoms with van der Waals surface area (Å²) >= 11 is 0. The van der Waals surface area contributed by atoms with Crippen LogP contribution in [0.4, 0.5) is 11.4 Å². The van der Waals surface area contributed by atoms with E-state index < -0.39 is 0 Å². The van der Waals surface area contributed by atoms with E-state index in [9.17, 15) is 9.59 Å². The smallest absolute Gasteiger partial charge is 0.249 e. The zero-order valence-corrected chi connectivity index (χ0v) is 12.0. The molecule has 1 saturated heterocycles. The molecule has 0 spiro atoms. The van der Waals surface area contributed by atoms with Gasteiger partial charge in [0.25, 0.3) is 0 Å². The van der Waals surface area contributed by atoms with E-state index >= 15 is 0 Å². The topological polar surface area (TPSA) is 52.7 Å². The van der Waals surface area contributed by atoms with Gasteiger partial charge in [0.2, 0.25) is 11.8 Å². The van der Waals surface area contributed by atoms with E-state index in [0.29, 0.717) is 19.4 Å². The van der Waals surface area contributed by atoms with E-state index in [1.165, 1.54) is 17.7 Å². The first-order valence-corrected chi connectivity index (χ1v) is 7.71. The van der Waals surface area contributed by atoms with Gasteiger partial charge in [-0.25, -0.2) is 0 Å². The molecule has 5 heteroatoms. The number of hydrogen-bond acceptors (Lipinski definition) is 3. The van der Waals surface area contributed by atoms with Crippen LogP contribution in [0.1, 0.15) is 24.8 Å². The van der Waals surface area contributed by atoms with Gasteiger partial charge in [0, 0.05) is 26.1 Å². The maximum atomic E-state index is 12.7. The van der Waals surface area contributed by atoms with Crippen LogP contribution < -0.4 is 15.1 Å². The lowest BCUT2D eigenvalue weighted by atomic mass is 9.97. The zero-order chi connectivity index (χ0) is 14.4. The van der Waals surface area contributed by atoms with Crippen LogP contribution in [0.2, 0.25) is 0 Å². The van der Waals surface area contributed by atoms with Gasteiger partial charge in [-0.2, -0.15) is 0 Å². The molecule has 1 aromatic carbocycles. The Morgan fingerprint density at radius 1 is 1.19 bits per heavy atom. The highest BCUT2D eigenvalue weighted by Gasteiger charge is 2.36. The lowest BCUT2D eigenvalue weighted by Crippen LogP contribution is -2.51. The molecular formula is C16H19N3O2. The normalized spacial score (nSPS) is 23.8. The van der Waals surface area contributed by atoms with Crippen LogP contribution in [-0.2, 0) is 16.0 Å². The number of rotatable bonds is 1. The van der Waals surface area contributed by atoms with E-state index in [1.807, 2.05) is 17.0 Å². The third-order valence-corrected chi connectivity index (χ3v) is 4.73. The summed E-state index contributed by atoms with van der Waals surface area (Å²) in [5.74, 6) is 0.0292. The summed E-state index contributed by atoms with van der Waals surface area (Å²) in [5.41, 5.74) is 3.59. The second-order valence-corrected chi connectivity index (χ2v) is 6.02. The molecule has 3 aliphatic heterocycles. The van der Waals surface area contributed by atoms with Gasteiger partial charge in [0.15, 0.2) is 0 Å². The van der Waals surface area contributed by atoms with Crippen LogP contribution in [-0.4, -0.2) is 37.5 Å². The molecular weight excluding hydrogens is 266 g/mol. The number of aryl methyl sites for hydroxylation is 1. The Morgan fingerprint density at radius 3 is 2.90 bits per heavy atom. The Morgan fingerprint density at radius 2 is 2.10 bits per heavy atom. The minimum absolute atomic E-state index is 0.0120. The summed E-state index contributed by atoms with van der Waals surface area (Å²) in [6.45, 7) is 2.67. The van der Waals surface area contributed by atoms with Crippen LogP contribution >= 0.6 is 0 Å². The number of hydrogen-bond donors (Lipinski definition) is 1. The van der Waals surface area contributed by atoms with Crippen molar-refractivity contribution in [2.24, 2.45) is 0 Å². The molecule has 5 nitrogen and oxygen atoms in total. The molecule has 3 aliphatic rings. The third kappa shape index (κ3) is 1.99. The SMILES string of the molecule is O=C1CCC(C(=O)N2CCN3CCCc4cccc2c43)N1. The number of amides is 2. The minimum Gasteiger partial charge on any atom is -0.368 e. The van der Waals surface area contributed by atoms with E-state index in [1.54, 1.807) is 0 Å². The third-order valence-electron chi connectivity index (χ3n) is 4.73. The van der Waals surface area contributed by atoms with Crippen molar-refractivity contribution in [3.63, 3.8) is 0 Å². The molecule has 2 amide bonds. The molecule has 0 aliphatic carbocycles. The Bertz CT molecular complexity index is 614. The number of anilines is 2. The predicted octanol–water partition coefficient (Wildman–Crippen LogP) is 1.06. The Hall–Kier alpha value is -2.04. The fraction of sp³-hybridized carbons (Fsp3) is 0.500. The van der Waals surface area contributed by atoms with Gasteiger partial charge < -0.3 is 15.1 Å². The van der Waals surface area contributed by atoms with Crippen molar-refractivity contribution in [1.82, 2.24) is 5.32 Å².